The van der Waals surface area contributed by atoms with Crippen LogP contribution in [-0.2, 0) is 9.30 Å². The molecule has 0 spiro atoms. The maximum absolute atomic E-state index is 13.6. The van der Waals surface area contributed by atoms with Crippen LogP contribution < -0.4 is 0 Å². The molecule has 0 aliphatic carbocycles. The molecule has 3 N–H and O–H groups in total. The summed E-state index contributed by atoms with van der Waals surface area (Å²) in [7, 11) is 0.286. The SMILES string of the molecule is [B][C@@H]1O[C@H](CC(F)P(=O)(O)O)[C@H](O)C1(C)F. The van der Waals surface area contributed by atoms with Crippen LogP contribution in [0.15, 0.2) is 0 Å². The maximum Gasteiger partial charge on any atom is 0.359 e. The summed E-state index contributed by atoms with van der Waals surface area (Å²) < 4.78 is 41.8. The molecule has 0 aromatic rings. The monoisotopic (exact) mass is 256 g/mol. The van der Waals surface area contributed by atoms with E-state index in [0.717, 1.165) is 6.92 Å². The van der Waals surface area contributed by atoms with Crippen LogP contribution in [0.5, 0.6) is 0 Å². The molecule has 2 radical (unpaired) electrons. The first kappa shape index (κ1) is 14.1. The van der Waals surface area contributed by atoms with E-state index < -0.39 is 43.8 Å². The zero-order valence-corrected chi connectivity index (χ0v) is 9.35. The maximum atomic E-state index is 13.6. The molecule has 5 nitrogen and oxygen atoms in total. The Hall–Kier alpha value is -0.00506. The molecular formula is C7H12BF2O5P. The minimum Gasteiger partial charge on any atom is -0.387 e. The summed E-state index contributed by atoms with van der Waals surface area (Å²) in [5, 5.41) is 9.40. The van der Waals surface area contributed by atoms with E-state index in [1.54, 1.807) is 0 Å². The van der Waals surface area contributed by atoms with Crippen molar-refractivity contribution in [2.45, 2.75) is 43.1 Å². The van der Waals surface area contributed by atoms with Gasteiger partial charge in [0.05, 0.1) is 12.1 Å². The van der Waals surface area contributed by atoms with Gasteiger partial charge in [-0.25, -0.2) is 8.78 Å². The van der Waals surface area contributed by atoms with Crippen molar-refractivity contribution < 1.29 is 33.0 Å². The summed E-state index contributed by atoms with van der Waals surface area (Å²) in [6, 6.07) is -1.45. The Morgan fingerprint density at radius 2 is 2.12 bits per heavy atom. The first-order valence-electron chi connectivity index (χ1n) is 4.54. The summed E-state index contributed by atoms with van der Waals surface area (Å²) >= 11 is 0. The quantitative estimate of drug-likeness (QED) is 0.482. The number of halogens is 2. The topological polar surface area (TPSA) is 87.0 Å². The zero-order valence-electron chi connectivity index (χ0n) is 8.46. The summed E-state index contributed by atoms with van der Waals surface area (Å²) in [5.41, 5.74) is -2.26. The molecule has 1 rings (SSSR count). The Balaban J connectivity index is 2.69. The number of ether oxygens (including phenoxy) is 1. The first-order chi connectivity index (χ1) is 7.06. The van der Waals surface area contributed by atoms with Crippen molar-refractivity contribution >= 4 is 15.4 Å². The van der Waals surface area contributed by atoms with Crippen LogP contribution in [0.4, 0.5) is 8.78 Å². The fourth-order valence-electron chi connectivity index (χ4n) is 1.44. The normalized spacial score (nSPS) is 42.2. The summed E-state index contributed by atoms with van der Waals surface area (Å²) in [6.45, 7) is 0.979. The number of hydrogen-bond donors (Lipinski definition) is 3. The second kappa shape index (κ2) is 4.35. The van der Waals surface area contributed by atoms with Crippen molar-refractivity contribution in [2.24, 2.45) is 0 Å². The molecule has 1 heterocycles. The molecule has 1 saturated heterocycles. The Kier molecular flexibility index (Phi) is 3.82. The molecule has 1 fully saturated rings. The van der Waals surface area contributed by atoms with E-state index in [-0.39, 0.29) is 0 Å². The molecule has 16 heavy (non-hydrogen) atoms. The van der Waals surface area contributed by atoms with Crippen molar-refractivity contribution in [3.05, 3.63) is 0 Å². The predicted octanol–water partition coefficient (Wildman–Crippen LogP) is -0.168. The Morgan fingerprint density at radius 3 is 2.44 bits per heavy atom. The van der Waals surface area contributed by atoms with Gasteiger partial charge in [0.25, 0.3) is 0 Å². The molecule has 92 valence electrons. The van der Waals surface area contributed by atoms with E-state index >= 15 is 0 Å². The fraction of sp³-hybridized carbons (Fsp3) is 1.00. The number of alkyl halides is 2. The van der Waals surface area contributed by atoms with E-state index in [2.05, 4.69) is 0 Å². The van der Waals surface area contributed by atoms with Gasteiger partial charge in [0.15, 0.2) is 5.67 Å². The van der Waals surface area contributed by atoms with Gasteiger partial charge in [-0.15, -0.1) is 0 Å². The smallest absolute Gasteiger partial charge is 0.359 e. The van der Waals surface area contributed by atoms with Gasteiger partial charge in [-0.05, 0) is 6.92 Å². The minimum absolute atomic E-state index is 0.807. The van der Waals surface area contributed by atoms with Crippen molar-refractivity contribution in [3.63, 3.8) is 0 Å². The molecule has 0 amide bonds. The van der Waals surface area contributed by atoms with Gasteiger partial charge in [0.1, 0.15) is 14.0 Å². The predicted molar refractivity (Wildman–Crippen MR) is 51.5 cm³/mol. The third-order valence-electron chi connectivity index (χ3n) is 2.60. The van der Waals surface area contributed by atoms with Crippen LogP contribution in [0, 0.1) is 0 Å². The van der Waals surface area contributed by atoms with E-state index in [1.807, 2.05) is 0 Å². The number of aliphatic hydroxyl groups excluding tert-OH is 1. The standard InChI is InChI=1S/C7H12BF2O5P/c1-7(10)5(11)3(15-6(7)8)2-4(9)16(12,13)14/h3-6,11H,2H2,1H3,(H2,12,13,14)/t3-,4?,5+,6-,7?/m1/s1. The van der Waals surface area contributed by atoms with Crippen molar-refractivity contribution in [1.29, 1.82) is 0 Å². The van der Waals surface area contributed by atoms with Crippen LogP contribution in [0.25, 0.3) is 0 Å². The summed E-state index contributed by atoms with van der Waals surface area (Å²) in [6.07, 6.45) is -3.89. The lowest BCUT2D eigenvalue weighted by atomic mass is 9.83. The molecular weight excluding hydrogens is 244 g/mol. The van der Waals surface area contributed by atoms with Crippen molar-refractivity contribution in [3.8, 4) is 0 Å². The second-order valence-electron chi connectivity index (χ2n) is 3.95. The minimum atomic E-state index is -4.92. The summed E-state index contributed by atoms with van der Waals surface area (Å²) in [5.74, 6) is -2.51. The van der Waals surface area contributed by atoms with Crippen molar-refractivity contribution in [1.82, 2.24) is 0 Å². The third-order valence-corrected chi connectivity index (χ3v) is 3.54. The average molecular weight is 256 g/mol. The van der Waals surface area contributed by atoms with Crippen molar-refractivity contribution in [2.75, 3.05) is 0 Å². The number of rotatable bonds is 3. The highest BCUT2D eigenvalue weighted by atomic mass is 31.2. The van der Waals surface area contributed by atoms with E-state index in [1.165, 1.54) is 0 Å². The highest BCUT2D eigenvalue weighted by Gasteiger charge is 2.52. The van der Waals surface area contributed by atoms with Gasteiger partial charge >= 0.3 is 7.60 Å². The molecule has 1 aliphatic heterocycles. The molecule has 0 aromatic carbocycles. The molecule has 0 saturated carbocycles. The Morgan fingerprint density at radius 1 is 1.62 bits per heavy atom. The van der Waals surface area contributed by atoms with Gasteiger partial charge in [-0.1, -0.05) is 0 Å². The Bertz CT molecular complexity index is 309. The first-order valence-corrected chi connectivity index (χ1v) is 6.22. The Labute approximate surface area is 92.4 Å². The molecule has 0 bridgehead atoms. The lowest BCUT2D eigenvalue weighted by Gasteiger charge is -2.22. The number of hydrogen-bond acceptors (Lipinski definition) is 3. The van der Waals surface area contributed by atoms with Gasteiger partial charge in [-0.2, -0.15) is 0 Å². The molecule has 0 aromatic heterocycles. The van der Waals surface area contributed by atoms with Crippen LogP contribution >= 0.6 is 7.60 Å². The molecule has 2 unspecified atom stereocenters. The fourth-order valence-corrected chi connectivity index (χ4v) is 1.92. The highest BCUT2D eigenvalue weighted by Crippen LogP contribution is 2.46. The van der Waals surface area contributed by atoms with Crippen LogP contribution in [0.2, 0.25) is 0 Å². The highest BCUT2D eigenvalue weighted by molar-refractivity contribution is 7.52. The molecule has 9 heteroatoms. The van der Waals surface area contributed by atoms with Gasteiger partial charge in [0, 0.05) is 6.42 Å². The average Bonchev–Trinajstić information content (AvgIpc) is 2.29. The largest absolute Gasteiger partial charge is 0.387 e. The van der Waals surface area contributed by atoms with Crippen LogP contribution in [0.3, 0.4) is 0 Å². The number of aliphatic hydroxyl groups is 1. The van der Waals surface area contributed by atoms with Crippen LogP contribution in [-0.4, -0.2) is 52.5 Å². The van der Waals surface area contributed by atoms with Gasteiger partial charge in [-0.3, -0.25) is 4.57 Å². The second-order valence-corrected chi connectivity index (χ2v) is 5.69. The lowest BCUT2D eigenvalue weighted by molar-refractivity contribution is 0.00636. The summed E-state index contributed by atoms with van der Waals surface area (Å²) in [4.78, 5) is 17.0. The molecule has 1 aliphatic rings. The molecule has 5 atom stereocenters. The van der Waals surface area contributed by atoms with Crippen LogP contribution in [0.1, 0.15) is 13.3 Å². The van der Waals surface area contributed by atoms with E-state index in [0.29, 0.717) is 0 Å². The third kappa shape index (κ3) is 2.63. The zero-order chi connectivity index (χ0) is 12.7. The lowest BCUT2D eigenvalue weighted by Crippen LogP contribution is -2.41. The van der Waals surface area contributed by atoms with Gasteiger partial charge in [0.2, 0.25) is 5.91 Å². The van der Waals surface area contributed by atoms with E-state index in [4.69, 9.17) is 22.4 Å². The van der Waals surface area contributed by atoms with Gasteiger partial charge < -0.3 is 19.6 Å². The van der Waals surface area contributed by atoms with E-state index in [9.17, 15) is 18.5 Å².